The largest absolute Gasteiger partial charge is 0.381 e. The topological polar surface area (TPSA) is 105 Å². The van der Waals surface area contributed by atoms with Crippen LogP contribution in [0, 0.1) is 11.8 Å². The van der Waals surface area contributed by atoms with Crippen molar-refractivity contribution in [3.05, 3.63) is 70.8 Å². The monoisotopic (exact) mass is 514 g/mol. The number of likely N-dealkylation sites (N-methyl/N-ethyl adjacent to an activating group) is 1. The highest BCUT2D eigenvalue weighted by molar-refractivity contribution is 5.99. The van der Waals surface area contributed by atoms with Gasteiger partial charge in [0.2, 0.25) is 0 Å². The molecule has 0 spiro atoms. The van der Waals surface area contributed by atoms with Gasteiger partial charge < -0.3 is 15.3 Å². The van der Waals surface area contributed by atoms with Crippen LogP contribution in [-0.2, 0) is 11.3 Å². The van der Waals surface area contributed by atoms with Crippen LogP contribution in [0.25, 0.3) is 0 Å². The second kappa shape index (κ2) is 11.8. The summed E-state index contributed by atoms with van der Waals surface area (Å²) in [5.41, 5.74) is -1.52. The van der Waals surface area contributed by atoms with Crippen molar-refractivity contribution in [3.63, 3.8) is 0 Å². The quantitative estimate of drug-likeness (QED) is 0.255. The minimum absolute atomic E-state index is 0.0563. The minimum Gasteiger partial charge on any atom is -0.381 e. The predicted molar refractivity (Wildman–Crippen MR) is 134 cm³/mol. The first kappa shape index (κ1) is 28.2. The number of benzene rings is 2. The van der Waals surface area contributed by atoms with Crippen molar-refractivity contribution in [1.29, 1.82) is 0 Å². The van der Waals surface area contributed by atoms with Crippen molar-refractivity contribution in [3.8, 4) is 11.8 Å². The van der Waals surface area contributed by atoms with E-state index in [9.17, 15) is 23.5 Å². The smallest absolute Gasteiger partial charge is 0.272 e. The number of carbonyl (C=O) groups excluding carboxylic acids is 2. The van der Waals surface area contributed by atoms with Gasteiger partial charge in [0.25, 0.3) is 18.2 Å². The summed E-state index contributed by atoms with van der Waals surface area (Å²) in [5.74, 6) is 3.81. The molecule has 2 atom stereocenters. The Kier molecular flexibility index (Phi) is 8.99. The first-order valence-electron chi connectivity index (χ1n) is 11.9. The van der Waals surface area contributed by atoms with Gasteiger partial charge in [-0.3, -0.25) is 19.7 Å². The van der Waals surface area contributed by atoms with Gasteiger partial charge in [-0.25, -0.2) is 14.3 Å². The number of amides is 2. The molecule has 0 aliphatic carbocycles. The molecule has 10 heteroatoms. The van der Waals surface area contributed by atoms with E-state index in [1.807, 2.05) is 12.1 Å². The van der Waals surface area contributed by atoms with Gasteiger partial charge in [-0.2, -0.15) is 0 Å². The number of piperazine rings is 1. The summed E-state index contributed by atoms with van der Waals surface area (Å²) in [6.07, 6.45) is -3.38. The van der Waals surface area contributed by atoms with Crippen molar-refractivity contribution >= 4 is 11.8 Å². The molecule has 37 heavy (non-hydrogen) atoms. The predicted octanol–water partition coefficient (Wildman–Crippen LogP) is 1.84. The van der Waals surface area contributed by atoms with Gasteiger partial charge in [0.1, 0.15) is 0 Å². The van der Waals surface area contributed by atoms with E-state index in [1.165, 1.54) is 23.2 Å². The van der Waals surface area contributed by atoms with E-state index in [0.29, 0.717) is 12.5 Å². The number of halogens is 2. The van der Waals surface area contributed by atoms with Crippen LogP contribution < -0.4 is 10.8 Å². The Labute approximate surface area is 215 Å². The minimum atomic E-state index is -3.38. The van der Waals surface area contributed by atoms with Gasteiger partial charge in [0.15, 0.2) is 11.1 Å². The van der Waals surface area contributed by atoms with Gasteiger partial charge >= 0.3 is 0 Å². The molecular weight excluding hydrogens is 482 g/mol. The summed E-state index contributed by atoms with van der Waals surface area (Å²) in [6, 6.07) is 14.0. The molecule has 3 rings (SSSR count). The van der Waals surface area contributed by atoms with Crippen molar-refractivity contribution in [2.45, 2.75) is 38.0 Å². The summed E-state index contributed by atoms with van der Waals surface area (Å²) < 4.78 is 26.8. The lowest BCUT2D eigenvalue weighted by Gasteiger charge is -2.40. The number of alkyl halides is 2. The molecule has 0 saturated carbocycles. The lowest BCUT2D eigenvalue weighted by atomic mass is 9.81. The van der Waals surface area contributed by atoms with Crippen LogP contribution in [0.3, 0.4) is 0 Å². The van der Waals surface area contributed by atoms with Crippen LogP contribution >= 0.6 is 0 Å². The number of hydrogen-bond donors (Lipinski definition) is 4. The van der Waals surface area contributed by atoms with E-state index in [-0.39, 0.29) is 5.56 Å². The lowest BCUT2D eigenvalue weighted by molar-refractivity contribution is -0.165. The number of aliphatic hydroxyl groups is 1. The first-order valence-corrected chi connectivity index (χ1v) is 11.9. The molecule has 1 fully saturated rings. The summed E-state index contributed by atoms with van der Waals surface area (Å²) >= 11 is 0. The van der Waals surface area contributed by atoms with Gasteiger partial charge in [0.05, 0.1) is 0 Å². The van der Waals surface area contributed by atoms with Crippen LogP contribution in [0.15, 0.2) is 48.5 Å². The zero-order valence-electron chi connectivity index (χ0n) is 21.1. The SMILES string of the molecule is CN1CCN(Cc2ccc(C#Cc3ccc(C(=O)NC(C)(C(=O)NO)C(C)(O)C(F)F)cc3)cc2)CC1. The fraction of sp³-hybridized carbons (Fsp3) is 0.407. The Balaban J connectivity index is 1.65. The molecule has 2 unspecified atom stereocenters. The zero-order valence-corrected chi connectivity index (χ0v) is 21.1. The molecule has 198 valence electrons. The Hall–Kier alpha value is -3.36. The molecular formula is C27H32F2N4O4. The molecule has 1 aliphatic rings. The van der Waals surface area contributed by atoms with Crippen LogP contribution in [0.1, 0.15) is 40.9 Å². The number of carbonyl (C=O) groups is 2. The number of hydrogen-bond acceptors (Lipinski definition) is 6. The lowest BCUT2D eigenvalue weighted by Crippen LogP contribution is -2.70. The normalized spacial score (nSPS) is 17.7. The van der Waals surface area contributed by atoms with Crippen molar-refractivity contribution in [2.75, 3.05) is 33.2 Å². The third-order valence-corrected chi connectivity index (χ3v) is 6.81. The molecule has 1 heterocycles. The van der Waals surface area contributed by atoms with Gasteiger partial charge in [-0.15, -0.1) is 0 Å². The van der Waals surface area contributed by atoms with Gasteiger partial charge in [0, 0.05) is 49.4 Å². The van der Waals surface area contributed by atoms with E-state index in [1.54, 1.807) is 12.1 Å². The van der Waals surface area contributed by atoms with E-state index < -0.39 is 29.4 Å². The molecule has 2 aromatic carbocycles. The Morgan fingerprint density at radius 3 is 1.97 bits per heavy atom. The molecule has 0 aromatic heterocycles. The van der Waals surface area contributed by atoms with Crippen LogP contribution in [0.4, 0.5) is 8.78 Å². The maximum absolute atomic E-state index is 13.4. The van der Waals surface area contributed by atoms with Crippen molar-refractivity contribution in [2.24, 2.45) is 0 Å². The van der Waals surface area contributed by atoms with Gasteiger partial charge in [-0.1, -0.05) is 24.0 Å². The van der Waals surface area contributed by atoms with Gasteiger partial charge in [-0.05, 0) is 62.9 Å². The average Bonchev–Trinajstić information content (AvgIpc) is 2.89. The Morgan fingerprint density at radius 1 is 0.973 bits per heavy atom. The number of rotatable bonds is 7. The third-order valence-electron chi connectivity index (χ3n) is 6.81. The second-order valence-electron chi connectivity index (χ2n) is 9.57. The summed E-state index contributed by atoms with van der Waals surface area (Å²) in [4.78, 5) is 29.5. The zero-order chi connectivity index (χ0) is 27.2. The number of hydroxylamine groups is 1. The number of nitrogens with one attached hydrogen (secondary N) is 2. The van der Waals surface area contributed by atoms with Crippen molar-refractivity contribution < 1.29 is 28.7 Å². The van der Waals surface area contributed by atoms with E-state index in [2.05, 4.69) is 46.1 Å². The van der Waals surface area contributed by atoms with Crippen LogP contribution in [0.5, 0.6) is 0 Å². The fourth-order valence-electron chi connectivity index (χ4n) is 3.85. The van der Waals surface area contributed by atoms with Crippen molar-refractivity contribution in [1.82, 2.24) is 20.6 Å². The molecule has 1 aliphatic heterocycles. The third kappa shape index (κ3) is 6.70. The maximum Gasteiger partial charge on any atom is 0.272 e. The highest BCUT2D eigenvalue weighted by Crippen LogP contribution is 2.29. The summed E-state index contributed by atoms with van der Waals surface area (Å²) in [5, 5.41) is 21.3. The highest BCUT2D eigenvalue weighted by Gasteiger charge is 2.56. The molecule has 4 N–H and O–H groups in total. The second-order valence-corrected chi connectivity index (χ2v) is 9.57. The van der Waals surface area contributed by atoms with E-state index in [4.69, 9.17) is 5.21 Å². The van der Waals surface area contributed by atoms with Crippen LogP contribution in [0.2, 0.25) is 0 Å². The highest BCUT2D eigenvalue weighted by atomic mass is 19.3. The number of nitrogens with zero attached hydrogens (tertiary/aromatic N) is 2. The molecule has 8 nitrogen and oxygen atoms in total. The van der Waals surface area contributed by atoms with E-state index in [0.717, 1.165) is 45.2 Å². The van der Waals surface area contributed by atoms with Crippen LogP contribution in [-0.4, -0.2) is 82.7 Å². The summed E-state index contributed by atoms with van der Waals surface area (Å²) in [7, 11) is 2.13. The Morgan fingerprint density at radius 2 is 1.49 bits per heavy atom. The molecule has 2 aromatic rings. The average molecular weight is 515 g/mol. The standard InChI is InChI=1S/C27H32F2N4O4/c1-26(25(35)31-37,27(2,36)24(28)29)30-23(34)22-12-10-20(11-13-22)5-4-19-6-8-21(9-7-19)18-33-16-14-32(3)15-17-33/h6-13,24,36-37H,14-18H2,1-3H3,(H,30,34)(H,31,35). The molecule has 0 bridgehead atoms. The summed E-state index contributed by atoms with van der Waals surface area (Å²) in [6.45, 7) is 6.73. The molecule has 2 amide bonds. The first-order chi connectivity index (χ1) is 17.5. The Bertz CT molecular complexity index is 1150. The molecule has 1 saturated heterocycles. The maximum atomic E-state index is 13.4. The molecule has 0 radical (unpaired) electrons. The van der Waals surface area contributed by atoms with E-state index >= 15 is 0 Å². The fourth-order valence-corrected chi connectivity index (χ4v) is 3.85.